The second-order valence-electron chi connectivity index (χ2n) is 5.68. The molecule has 21 heavy (non-hydrogen) atoms. The maximum absolute atomic E-state index is 5.22. The molecule has 1 aromatic carbocycles. The van der Waals surface area contributed by atoms with Crippen molar-refractivity contribution in [1.29, 1.82) is 0 Å². The molecule has 1 unspecified atom stereocenters. The Bertz CT molecular complexity index is 442. The van der Waals surface area contributed by atoms with E-state index in [-0.39, 0.29) is 6.04 Å². The molecule has 5 nitrogen and oxygen atoms in total. The molecule has 0 saturated carbocycles. The molecule has 0 N–H and O–H groups in total. The fourth-order valence-corrected chi connectivity index (χ4v) is 2.24. The zero-order chi connectivity index (χ0) is 16.0. The number of nitrogens with zero attached hydrogens (tertiary/aromatic N) is 4. The molecule has 0 aliphatic carbocycles. The number of guanidine groups is 1. The summed E-state index contributed by atoms with van der Waals surface area (Å²) in [6.45, 7) is 0.713. The molecular weight excluding hydrogens is 264 g/mol. The number of benzene rings is 1. The first kappa shape index (κ1) is 17.3. The lowest BCUT2D eigenvalue weighted by atomic mass is 10.1. The summed E-state index contributed by atoms with van der Waals surface area (Å²) in [5.74, 6) is 1.84. The third-order valence-corrected chi connectivity index (χ3v) is 3.33. The number of hydrogen-bond donors (Lipinski definition) is 0. The molecule has 0 bridgehead atoms. The Morgan fingerprint density at radius 1 is 1.00 bits per heavy atom. The molecule has 1 atom stereocenters. The Kier molecular flexibility index (Phi) is 6.49. The highest BCUT2D eigenvalue weighted by molar-refractivity contribution is 5.79. The predicted octanol–water partition coefficient (Wildman–Crippen LogP) is 1.78. The average molecular weight is 292 g/mol. The highest BCUT2D eigenvalue weighted by Gasteiger charge is 2.15. The normalized spacial score (nSPS) is 12.0. The fraction of sp³-hybridized carbons (Fsp3) is 0.562. The van der Waals surface area contributed by atoms with Crippen LogP contribution in [0.15, 0.2) is 29.3 Å². The molecule has 0 radical (unpaired) electrons. The van der Waals surface area contributed by atoms with Gasteiger partial charge in [0.1, 0.15) is 5.75 Å². The molecule has 1 aromatic rings. The van der Waals surface area contributed by atoms with E-state index in [0.29, 0.717) is 6.54 Å². The first-order valence-electron chi connectivity index (χ1n) is 7.06. The topological polar surface area (TPSA) is 31.3 Å². The minimum atomic E-state index is 0.241. The summed E-state index contributed by atoms with van der Waals surface area (Å²) in [7, 11) is 13.9. The van der Waals surface area contributed by atoms with Crippen molar-refractivity contribution in [3.63, 3.8) is 0 Å². The molecule has 0 amide bonds. The van der Waals surface area contributed by atoms with Crippen molar-refractivity contribution in [2.45, 2.75) is 6.04 Å². The molecule has 0 heterocycles. The van der Waals surface area contributed by atoms with Crippen LogP contribution >= 0.6 is 0 Å². The number of ether oxygens (including phenoxy) is 1. The fourth-order valence-electron chi connectivity index (χ4n) is 2.24. The third kappa shape index (κ3) is 4.93. The summed E-state index contributed by atoms with van der Waals surface area (Å²) < 4.78 is 5.22. The van der Waals surface area contributed by atoms with Crippen LogP contribution in [0, 0.1) is 0 Å². The van der Waals surface area contributed by atoms with Gasteiger partial charge in [0, 0.05) is 28.2 Å². The van der Waals surface area contributed by atoms with Gasteiger partial charge in [-0.25, -0.2) is 0 Å². The summed E-state index contributed by atoms with van der Waals surface area (Å²) in [6, 6.07) is 8.43. The van der Waals surface area contributed by atoms with Gasteiger partial charge in [0.25, 0.3) is 0 Å². The van der Waals surface area contributed by atoms with Crippen molar-refractivity contribution in [3.05, 3.63) is 29.8 Å². The first-order chi connectivity index (χ1) is 9.86. The quantitative estimate of drug-likeness (QED) is 0.611. The molecule has 5 heteroatoms. The lowest BCUT2D eigenvalue weighted by Crippen LogP contribution is -2.36. The van der Waals surface area contributed by atoms with Crippen LogP contribution in [0.1, 0.15) is 11.6 Å². The van der Waals surface area contributed by atoms with Crippen molar-refractivity contribution in [2.24, 2.45) is 4.99 Å². The molecule has 0 aromatic heterocycles. The lowest BCUT2D eigenvalue weighted by molar-refractivity contribution is 0.304. The van der Waals surface area contributed by atoms with Gasteiger partial charge in [-0.3, -0.25) is 4.99 Å². The minimum Gasteiger partial charge on any atom is -0.497 e. The van der Waals surface area contributed by atoms with E-state index < -0.39 is 0 Å². The van der Waals surface area contributed by atoms with Gasteiger partial charge in [-0.15, -0.1) is 0 Å². The highest BCUT2D eigenvalue weighted by Crippen LogP contribution is 2.21. The van der Waals surface area contributed by atoms with Crippen LogP contribution in [-0.4, -0.2) is 76.6 Å². The van der Waals surface area contributed by atoms with Gasteiger partial charge < -0.3 is 19.4 Å². The molecule has 118 valence electrons. The van der Waals surface area contributed by atoms with E-state index in [1.165, 1.54) is 5.56 Å². The van der Waals surface area contributed by atoms with Gasteiger partial charge in [-0.1, -0.05) is 12.1 Å². The number of likely N-dealkylation sites (N-methyl/N-ethyl adjacent to an activating group) is 1. The van der Waals surface area contributed by atoms with Gasteiger partial charge in [0.2, 0.25) is 0 Å². The van der Waals surface area contributed by atoms with Crippen LogP contribution in [0.2, 0.25) is 0 Å². The monoisotopic (exact) mass is 292 g/mol. The highest BCUT2D eigenvalue weighted by atomic mass is 16.5. The van der Waals surface area contributed by atoms with Crippen LogP contribution in [0.5, 0.6) is 5.75 Å². The molecule has 0 saturated heterocycles. The van der Waals surface area contributed by atoms with Crippen LogP contribution in [0.4, 0.5) is 0 Å². The van der Waals surface area contributed by atoms with Crippen molar-refractivity contribution >= 4 is 5.96 Å². The van der Waals surface area contributed by atoms with Gasteiger partial charge in [0.15, 0.2) is 5.96 Å². The summed E-state index contributed by atoms with van der Waals surface area (Å²) in [6.07, 6.45) is 0. The Labute approximate surface area is 128 Å². The van der Waals surface area contributed by atoms with E-state index >= 15 is 0 Å². The molecule has 0 fully saturated rings. The van der Waals surface area contributed by atoms with Crippen molar-refractivity contribution in [2.75, 3.05) is 55.9 Å². The zero-order valence-electron chi connectivity index (χ0n) is 14.3. The lowest BCUT2D eigenvalue weighted by Gasteiger charge is -2.26. The standard InChI is InChI=1S/C16H28N4O/c1-18(2)15(12-17-16(19(3)4)20(5)6)13-8-10-14(21-7)11-9-13/h8-11,15H,12H2,1-7H3. The summed E-state index contributed by atoms with van der Waals surface area (Å²) in [5, 5.41) is 0. The van der Waals surface area contributed by atoms with E-state index in [9.17, 15) is 0 Å². The van der Waals surface area contributed by atoms with E-state index in [0.717, 1.165) is 11.7 Å². The van der Waals surface area contributed by atoms with Gasteiger partial charge >= 0.3 is 0 Å². The Morgan fingerprint density at radius 3 is 1.90 bits per heavy atom. The second-order valence-corrected chi connectivity index (χ2v) is 5.68. The molecule has 0 aliphatic rings. The number of rotatable bonds is 5. The van der Waals surface area contributed by atoms with Gasteiger partial charge in [-0.2, -0.15) is 0 Å². The van der Waals surface area contributed by atoms with Crippen LogP contribution in [-0.2, 0) is 0 Å². The van der Waals surface area contributed by atoms with Crippen molar-refractivity contribution in [3.8, 4) is 5.75 Å². The summed E-state index contributed by atoms with van der Waals surface area (Å²) >= 11 is 0. The largest absolute Gasteiger partial charge is 0.497 e. The third-order valence-electron chi connectivity index (χ3n) is 3.33. The Morgan fingerprint density at radius 2 is 1.52 bits per heavy atom. The molecular formula is C16H28N4O. The summed E-state index contributed by atoms with van der Waals surface area (Å²) in [5.41, 5.74) is 1.24. The number of aliphatic imine (C=N–C) groups is 1. The molecule has 0 spiro atoms. The van der Waals surface area contributed by atoms with Crippen molar-refractivity contribution in [1.82, 2.24) is 14.7 Å². The maximum Gasteiger partial charge on any atom is 0.195 e. The van der Waals surface area contributed by atoms with E-state index in [1.54, 1.807) is 7.11 Å². The number of hydrogen-bond acceptors (Lipinski definition) is 3. The van der Waals surface area contributed by atoms with Crippen LogP contribution < -0.4 is 4.74 Å². The SMILES string of the molecule is COc1ccc(C(CN=C(N(C)C)N(C)C)N(C)C)cc1. The summed E-state index contributed by atoms with van der Waals surface area (Å²) in [4.78, 5) is 11.0. The Balaban J connectivity index is 2.94. The minimum absolute atomic E-state index is 0.241. The van der Waals surface area contributed by atoms with E-state index in [1.807, 2.05) is 50.1 Å². The second kappa shape index (κ2) is 7.88. The van der Waals surface area contributed by atoms with Crippen LogP contribution in [0.25, 0.3) is 0 Å². The predicted molar refractivity (Wildman–Crippen MR) is 89.1 cm³/mol. The smallest absolute Gasteiger partial charge is 0.195 e. The Hall–Kier alpha value is -1.75. The van der Waals surface area contributed by atoms with Gasteiger partial charge in [-0.05, 0) is 31.8 Å². The van der Waals surface area contributed by atoms with Crippen molar-refractivity contribution < 1.29 is 4.74 Å². The zero-order valence-corrected chi connectivity index (χ0v) is 14.3. The van der Waals surface area contributed by atoms with E-state index in [2.05, 4.69) is 31.1 Å². The molecule has 1 rings (SSSR count). The number of methoxy groups -OCH3 is 1. The molecule has 0 aliphatic heterocycles. The van der Waals surface area contributed by atoms with Gasteiger partial charge in [0.05, 0.1) is 19.7 Å². The van der Waals surface area contributed by atoms with E-state index in [4.69, 9.17) is 9.73 Å². The first-order valence-corrected chi connectivity index (χ1v) is 7.06. The average Bonchev–Trinajstić information content (AvgIpc) is 2.42. The van der Waals surface area contributed by atoms with Crippen LogP contribution in [0.3, 0.4) is 0 Å². The maximum atomic E-state index is 5.22.